The molecular weight excluding hydrogens is 441 g/mol. The summed E-state index contributed by atoms with van der Waals surface area (Å²) >= 11 is 0. The van der Waals surface area contributed by atoms with Gasteiger partial charge in [-0.3, -0.25) is 4.98 Å². The summed E-state index contributed by atoms with van der Waals surface area (Å²) < 4.78 is 14.9. The summed E-state index contributed by atoms with van der Waals surface area (Å²) in [7, 11) is 0. The van der Waals surface area contributed by atoms with Crippen LogP contribution >= 0.6 is 0 Å². The van der Waals surface area contributed by atoms with Crippen molar-refractivity contribution in [3.8, 4) is 11.3 Å². The standard InChI is InChI=1S/C34H52FN/c1-3-5-7-9-11-13-15-17-29-20-24-32(33(35)26-29)34-25-23-31(27-36-34)30-21-18-28(19-22-30)16-14-12-10-8-6-4-2/h20,23-28,30H,3-19,21-22H2,1-2H3. The average molecular weight is 494 g/mol. The molecule has 1 aromatic carbocycles. The summed E-state index contributed by atoms with van der Waals surface area (Å²) in [6.45, 7) is 4.54. The Kier molecular flexibility index (Phi) is 13.6. The fourth-order valence-electron chi connectivity index (χ4n) is 6.01. The molecule has 2 aromatic rings. The van der Waals surface area contributed by atoms with Gasteiger partial charge in [0.15, 0.2) is 0 Å². The van der Waals surface area contributed by atoms with Gasteiger partial charge in [-0.25, -0.2) is 4.39 Å². The second kappa shape index (κ2) is 16.9. The first-order valence-electron chi connectivity index (χ1n) is 15.5. The van der Waals surface area contributed by atoms with Gasteiger partial charge in [-0.15, -0.1) is 0 Å². The minimum Gasteiger partial charge on any atom is -0.256 e. The zero-order valence-corrected chi connectivity index (χ0v) is 23.4. The molecule has 0 amide bonds. The zero-order chi connectivity index (χ0) is 25.4. The number of unbranched alkanes of at least 4 members (excludes halogenated alkanes) is 11. The van der Waals surface area contributed by atoms with E-state index in [1.165, 1.54) is 115 Å². The molecule has 1 saturated carbocycles. The lowest BCUT2D eigenvalue weighted by molar-refractivity contribution is 0.301. The average Bonchev–Trinajstić information content (AvgIpc) is 2.91. The molecule has 0 bridgehead atoms. The lowest BCUT2D eigenvalue weighted by Gasteiger charge is -2.28. The molecule has 1 aliphatic carbocycles. The Morgan fingerprint density at radius 1 is 0.722 bits per heavy atom. The molecule has 1 fully saturated rings. The number of hydrogen-bond donors (Lipinski definition) is 0. The van der Waals surface area contributed by atoms with Crippen molar-refractivity contribution >= 4 is 0 Å². The van der Waals surface area contributed by atoms with Crippen LogP contribution in [0, 0.1) is 11.7 Å². The summed E-state index contributed by atoms with van der Waals surface area (Å²) in [5, 5.41) is 0. The number of aryl methyl sites for hydroxylation is 1. The zero-order valence-electron chi connectivity index (χ0n) is 23.4. The predicted molar refractivity (Wildman–Crippen MR) is 154 cm³/mol. The van der Waals surface area contributed by atoms with Gasteiger partial charge in [0.2, 0.25) is 0 Å². The molecule has 0 unspecified atom stereocenters. The Morgan fingerprint density at radius 3 is 1.97 bits per heavy atom. The molecule has 2 heteroatoms. The highest BCUT2D eigenvalue weighted by Gasteiger charge is 2.22. The highest BCUT2D eigenvalue weighted by molar-refractivity contribution is 5.60. The van der Waals surface area contributed by atoms with Crippen LogP contribution in [-0.4, -0.2) is 4.98 Å². The second-order valence-electron chi connectivity index (χ2n) is 11.4. The summed E-state index contributed by atoms with van der Waals surface area (Å²) in [4.78, 5) is 4.69. The van der Waals surface area contributed by atoms with Crippen LogP contribution in [0.3, 0.4) is 0 Å². The van der Waals surface area contributed by atoms with E-state index in [-0.39, 0.29) is 5.82 Å². The van der Waals surface area contributed by atoms with Crippen molar-refractivity contribution in [2.45, 2.75) is 142 Å². The van der Waals surface area contributed by atoms with E-state index in [4.69, 9.17) is 0 Å². The van der Waals surface area contributed by atoms with E-state index in [2.05, 4.69) is 31.0 Å². The van der Waals surface area contributed by atoms with Crippen molar-refractivity contribution in [3.05, 3.63) is 53.5 Å². The maximum Gasteiger partial charge on any atom is 0.132 e. The van der Waals surface area contributed by atoms with E-state index >= 15 is 0 Å². The summed E-state index contributed by atoms with van der Waals surface area (Å²) in [5.74, 6) is 1.42. The van der Waals surface area contributed by atoms with Gasteiger partial charge in [-0.05, 0) is 79.7 Å². The first-order valence-corrected chi connectivity index (χ1v) is 15.5. The van der Waals surface area contributed by atoms with Crippen LogP contribution in [0.25, 0.3) is 11.3 Å². The topological polar surface area (TPSA) is 12.9 Å². The van der Waals surface area contributed by atoms with Gasteiger partial charge in [0, 0.05) is 11.8 Å². The molecule has 0 spiro atoms. The lowest BCUT2D eigenvalue weighted by Crippen LogP contribution is -2.13. The number of pyridine rings is 1. The Balaban J connectivity index is 1.40. The van der Waals surface area contributed by atoms with Crippen molar-refractivity contribution in [1.29, 1.82) is 0 Å². The fraction of sp³-hybridized carbons (Fsp3) is 0.676. The maximum absolute atomic E-state index is 14.9. The van der Waals surface area contributed by atoms with Gasteiger partial charge in [0.1, 0.15) is 5.82 Å². The van der Waals surface area contributed by atoms with Gasteiger partial charge in [0.25, 0.3) is 0 Å². The molecule has 36 heavy (non-hydrogen) atoms. The van der Waals surface area contributed by atoms with Gasteiger partial charge in [0.05, 0.1) is 5.69 Å². The smallest absolute Gasteiger partial charge is 0.132 e. The largest absolute Gasteiger partial charge is 0.256 e. The van der Waals surface area contributed by atoms with Crippen LogP contribution in [0.5, 0.6) is 0 Å². The van der Waals surface area contributed by atoms with Crippen LogP contribution in [0.4, 0.5) is 4.39 Å². The van der Waals surface area contributed by atoms with Crippen LogP contribution in [0.2, 0.25) is 0 Å². The van der Waals surface area contributed by atoms with Crippen molar-refractivity contribution in [2.75, 3.05) is 0 Å². The molecule has 1 aromatic heterocycles. The van der Waals surface area contributed by atoms with Gasteiger partial charge in [-0.1, -0.05) is 109 Å². The second-order valence-corrected chi connectivity index (χ2v) is 11.4. The third-order valence-electron chi connectivity index (χ3n) is 8.45. The normalized spacial score (nSPS) is 18.0. The molecule has 0 N–H and O–H groups in total. The first kappa shape index (κ1) is 28.9. The third kappa shape index (κ3) is 9.98. The van der Waals surface area contributed by atoms with Gasteiger partial charge >= 0.3 is 0 Å². The Labute approximate surface area is 221 Å². The highest BCUT2D eigenvalue weighted by Crippen LogP contribution is 2.38. The molecular formula is C34H52FN. The SMILES string of the molecule is CCCCCCCCCc1ccc(-c2ccc(C3CCC(CCCCCCCC)CC3)cn2)c(F)c1. The summed E-state index contributed by atoms with van der Waals surface area (Å²) in [6, 6.07) is 9.99. The Bertz CT molecular complexity index is 835. The van der Waals surface area contributed by atoms with E-state index in [1.807, 2.05) is 18.3 Å². The van der Waals surface area contributed by atoms with E-state index in [9.17, 15) is 4.39 Å². The molecule has 0 radical (unpaired) electrons. The molecule has 3 rings (SSSR count). The van der Waals surface area contributed by atoms with E-state index < -0.39 is 0 Å². The van der Waals surface area contributed by atoms with E-state index in [0.29, 0.717) is 11.5 Å². The van der Waals surface area contributed by atoms with Crippen molar-refractivity contribution in [1.82, 2.24) is 4.98 Å². The van der Waals surface area contributed by atoms with Crippen LogP contribution in [0.15, 0.2) is 36.5 Å². The van der Waals surface area contributed by atoms with Crippen LogP contribution < -0.4 is 0 Å². The van der Waals surface area contributed by atoms with Crippen molar-refractivity contribution < 1.29 is 4.39 Å². The summed E-state index contributed by atoms with van der Waals surface area (Å²) in [6.07, 6.45) is 27.1. The monoisotopic (exact) mass is 493 g/mol. The molecule has 1 aliphatic rings. The molecule has 200 valence electrons. The third-order valence-corrected chi connectivity index (χ3v) is 8.45. The van der Waals surface area contributed by atoms with Crippen LogP contribution in [0.1, 0.15) is 146 Å². The Hall–Kier alpha value is -1.70. The Morgan fingerprint density at radius 2 is 1.36 bits per heavy atom. The van der Waals surface area contributed by atoms with Crippen molar-refractivity contribution in [2.24, 2.45) is 5.92 Å². The summed E-state index contributed by atoms with van der Waals surface area (Å²) in [5.41, 5.74) is 3.84. The number of benzene rings is 1. The molecule has 1 nitrogen and oxygen atoms in total. The minimum atomic E-state index is -0.133. The molecule has 0 aliphatic heterocycles. The van der Waals surface area contributed by atoms with Crippen LogP contribution in [-0.2, 0) is 6.42 Å². The molecule has 0 atom stereocenters. The van der Waals surface area contributed by atoms with Gasteiger partial charge in [-0.2, -0.15) is 0 Å². The minimum absolute atomic E-state index is 0.133. The number of hydrogen-bond acceptors (Lipinski definition) is 1. The number of halogens is 1. The lowest BCUT2D eigenvalue weighted by atomic mass is 9.77. The molecule has 1 heterocycles. The first-order chi connectivity index (χ1) is 17.7. The number of rotatable bonds is 17. The maximum atomic E-state index is 14.9. The van der Waals surface area contributed by atoms with E-state index in [1.54, 1.807) is 6.07 Å². The predicted octanol–water partition coefficient (Wildman–Crippen LogP) is 11.2. The number of nitrogens with zero attached hydrogens (tertiary/aromatic N) is 1. The van der Waals surface area contributed by atoms with Crippen molar-refractivity contribution in [3.63, 3.8) is 0 Å². The number of aromatic nitrogens is 1. The molecule has 0 saturated heterocycles. The van der Waals surface area contributed by atoms with Gasteiger partial charge < -0.3 is 0 Å². The fourth-order valence-corrected chi connectivity index (χ4v) is 6.01. The van der Waals surface area contributed by atoms with E-state index in [0.717, 1.165) is 30.0 Å². The quantitative estimate of drug-likeness (QED) is 0.200. The highest BCUT2D eigenvalue weighted by atomic mass is 19.1.